The third-order valence-corrected chi connectivity index (χ3v) is 2.50. The lowest BCUT2D eigenvalue weighted by Gasteiger charge is -2.06. The standard InChI is InChI=1S/C12H28N2O2/c15-11-5-1-3-7-13-9-10-14-8-4-2-6-12-16/h13-16H,1-12H2. The van der Waals surface area contributed by atoms with Crippen LogP contribution in [0.25, 0.3) is 0 Å². The molecule has 0 saturated carbocycles. The van der Waals surface area contributed by atoms with E-state index < -0.39 is 0 Å². The van der Waals surface area contributed by atoms with Gasteiger partial charge in [0.25, 0.3) is 0 Å². The molecule has 0 bridgehead atoms. The average Bonchev–Trinajstić information content (AvgIpc) is 2.31. The molecule has 4 N–H and O–H groups in total. The molecule has 0 aromatic heterocycles. The van der Waals surface area contributed by atoms with E-state index in [9.17, 15) is 0 Å². The first-order valence-corrected chi connectivity index (χ1v) is 6.55. The molecule has 0 fully saturated rings. The second-order valence-electron chi connectivity index (χ2n) is 4.07. The Morgan fingerprint density at radius 1 is 0.500 bits per heavy atom. The van der Waals surface area contributed by atoms with Crippen molar-refractivity contribution in [2.24, 2.45) is 0 Å². The predicted molar refractivity (Wildman–Crippen MR) is 67.6 cm³/mol. The summed E-state index contributed by atoms with van der Waals surface area (Å²) in [5.74, 6) is 0. The zero-order valence-corrected chi connectivity index (χ0v) is 10.4. The summed E-state index contributed by atoms with van der Waals surface area (Å²) < 4.78 is 0. The molecule has 0 rings (SSSR count). The van der Waals surface area contributed by atoms with Gasteiger partial charge in [0.1, 0.15) is 0 Å². The van der Waals surface area contributed by atoms with Gasteiger partial charge in [0.2, 0.25) is 0 Å². The third kappa shape index (κ3) is 13.8. The van der Waals surface area contributed by atoms with E-state index in [1.807, 2.05) is 0 Å². The van der Waals surface area contributed by atoms with Gasteiger partial charge in [0.05, 0.1) is 0 Å². The summed E-state index contributed by atoms with van der Waals surface area (Å²) in [4.78, 5) is 0. The highest BCUT2D eigenvalue weighted by atomic mass is 16.3. The smallest absolute Gasteiger partial charge is 0.0431 e. The fourth-order valence-corrected chi connectivity index (χ4v) is 1.50. The molecule has 0 saturated heterocycles. The van der Waals surface area contributed by atoms with Gasteiger partial charge in [-0.3, -0.25) is 0 Å². The lowest BCUT2D eigenvalue weighted by molar-refractivity contribution is 0.282. The van der Waals surface area contributed by atoms with E-state index in [4.69, 9.17) is 10.2 Å². The highest BCUT2D eigenvalue weighted by Crippen LogP contribution is 1.92. The lowest BCUT2D eigenvalue weighted by Crippen LogP contribution is -2.28. The van der Waals surface area contributed by atoms with Crippen molar-refractivity contribution in [1.82, 2.24) is 10.6 Å². The second kappa shape index (κ2) is 14.8. The van der Waals surface area contributed by atoms with Crippen molar-refractivity contribution >= 4 is 0 Å². The molecule has 0 amide bonds. The number of hydrogen-bond acceptors (Lipinski definition) is 4. The lowest BCUT2D eigenvalue weighted by atomic mass is 10.2. The highest BCUT2D eigenvalue weighted by Gasteiger charge is 1.90. The van der Waals surface area contributed by atoms with Crippen LogP contribution in [0.5, 0.6) is 0 Å². The maximum Gasteiger partial charge on any atom is 0.0431 e. The number of aliphatic hydroxyl groups is 2. The van der Waals surface area contributed by atoms with Gasteiger partial charge in [-0.25, -0.2) is 0 Å². The van der Waals surface area contributed by atoms with Gasteiger partial charge in [-0.1, -0.05) is 0 Å². The normalized spacial score (nSPS) is 10.9. The zero-order chi connectivity index (χ0) is 11.9. The van der Waals surface area contributed by atoms with Crippen LogP contribution in [0.1, 0.15) is 38.5 Å². The summed E-state index contributed by atoms with van der Waals surface area (Å²) in [5.41, 5.74) is 0. The molecular weight excluding hydrogens is 204 g/mol. The van der Waals surface area contributed by atoms with Crippen LogP contribution in [0, 0.1) is 0 Å². The number of hydrogen-bond donors (Lipinski definition) is 4. The van der Waals surface area contributed by atoms with Gasteiger partial charge in [-0.15, -0.1) is 0 Å². The summed E-state index contributed by atoms with van der Waals surface area (Å²) in [5, 5.41) is 23.9. The molecular formula is C12H28N2O2. The third-order valence-electron chi connectivity index (χ3n) is 2.50. The van der Waals surface area contributed by atoms with E-state index in [1.54, 1.807) is 0 Å². The minimum absolute atomic E-state index is 0.315. The van der Waals surface area contributed by atoms with Crippen LogP contribution in [0.15, 0.2) is 0 Å². The summed E-state index contributed by atoms with van der Waals surface area (Å²) in [6.45, 7) is 4.75. The van der Waals surface area contributed by atoms with E-state index in [0.29, 0.717) is 13.2 Å². The van der Waals surface area contributed by atoms with Gasteiger partial charge in [0.15, 0.2) is 0 Å². The van der Waals surface area contributed by atoms with Crippen LogP contribution in [0.3, 0.4) is 0 Å². The SMILES string of the molecule is OCCCCCNCCNCCCCCO. The van der Waals surface area contributed by atoms with Crippen molar-refractivity contribution in [3.8, 4) is 0 Å². The van der Waals surface area contributed by atoms with Gasteiger partial charge in [0, 0.05) is 26.3 Å². The van der Waals surface area contributed by atoms with Crippen LogP contribution in [0.4, 0.5) is 0 Å². The van der Waals surface area contributed by atoms with Crippen molar-refractivity contribution in [2.45, 2.75) is 38.5 Å². The summed E-state index contributed by atoms with van der Waals surface area (Å²) in [6.07, 6.45) is 6.36. The Balaban J connectivity index is 2.83. The first-order chi connectivity index (χ1) is 7.91. The summed E-state index contributed by atoms with van der Waals surface area (Å²) in [6, 6.07) is 0. The Hall–Kier alpha value is -0.160. The Kier molecular flexibility index (Phi) is 14.7. The van der Waals surface area contributed by atoms with E-state index in [0.717, 1.165) is 64.7 Å². The van der Waals surface area contributed by atoms with Crippen molar-refractivity contribution in [2.75, 3.05) is 39.4 Å². The largest absolute Gasteiger partial charge is 0.396 e. The van der Waals surface area contributed by atoms with Crippen LogP contribution in [-0.2, 0) is 0 Å². The first-order valence-electron chi connectivity index (χ1n) is 6.55. The molecule has 0 aliphatic carbocycles. The minimum atomic E-state index is 0.315. The van der Waals surface area contributed by atoms with Gasteiger partial charge in [-0.2, -0.15) is 0 Å². The predicted octanol–water partition coefficient (Wildman–Crippen LogP) is 0.491. The average molecular weight is 232 g/mol. The quantitative estimate of drug-likeness (QED) is 0.349. The molecule has 0 aliphatic rings. The molecule has 0 heterocycles. The maximum atomic E-state index is 8.58. The van der Waals surface area contributed by atoms with Crippen LogP contribution < -0.4 is 10.6 Å². The summed E-state index contributed by atoms with van der Waals surface area (Å²) >= 11 is 0. The van der Waals surface area contributed by atoms with Crippen molar-refractivity contribution in [3.05, 3.63) is 0 Å². The molecule has 0 radical (unpaired) electrons. The fraction of sp³-hybridized carbons (Fsp3) is 1.00. The van der Waals surface area contributed by atoms with E-state index in [1.165, 1.54) is 0 Å². The second-order valence-corrected chi connectivity index (χ2v) is 4.07. The van der Waals surface area contributed by atoms with Crippen LogP contribution in [-0.4, -0.2) is 49.6 Å². The minimum Gasteiger partial charge on any atom is -0.396 e. The van der Waals surface area contributed by atoms with Crippen molar-refractivity contribution in [1.29, 1.82) is 0 Å². The summed E-state index contributed by atoms with van der Waals surface area (Å²) in [7, 11) is 0. The Morgan fingerprint density at radius 2 is 0.938 bits per heavy atom. The Labute approximate surface area is 99.4 Å². The van der Waals surface area contributed by atoms with Gasteiger partial charge < -0.3 is 20.8 Å². The van der Waals surface area contributed by atoms with E-state index in [-0.39, 0.29) is 0 Å². The molecule has 4 nitrogen and oxygen atoms in total. The van der Waals surface area contributed by atoms with Crippen LogP contribution in [0.2, 0.25) is 0 Å². The highest BCUT2D eigenvalue weighted by molar-refractivity contribution is 4.53. The van der Waals surface area contributed by atoms with E-state index in [2.05, 4.69) is 10.6 Å². The van der Waals surface area contributed by atoms with Crippen molar-refractivity contribution in [3.63, 3.8) is 0 Å². The first kappa shape index (κ1) is 15.8. The van der Waals surface area contributed by atoms with Gasteiger partial charge >= 0.3 is 0 Å². The monoisotopic (exact) mass is 232 g/mol. The molecule has 4 heteroatoms. The number of nitrogens with one attached hydrogen (secondary N) is 2. The topological polar surface area (TPSA) is 64.5 Å². The molecule has 0 aromatic carbocycles. The fourth-order valence-electron chi connectivity index (χ4n) is 1.50. The molecule has 0 aromatic rings. The molecule has 0 spiro atoms. The molecule has 16 heavy (non-hydrogen) atoms. The number of unbranched alkanes of at least 4 members (excludes halogenated alkanes) is 4. The Morgan fingerprint density at radius 3 is 1.31 bits per heavy atom. The number of rotatable bonds is 13. The van der Waals surface area contributed by atoms with Gasteiger partial charge in [-0.05, 0) is 51.6 Å². The van der Waals surface area contributed by atoms with Crippen LogP contribution >= 0.6 is 0 Å². The van der Waals surface area contributed by atoms with E-state index >= 15 is 0 Å². The molecule has 98 valence electrons. The zero-order valence-electron chi connectivity index (χ0n) is 10.4. The number of aliphatic hydroxyl groups excluding tert-OH is 2. The maximum absolute atomic E-state index is 8.58. The molecule has 0 atom stereocenters. The molecule has 0 unspecified atom stereocenters. The molecule has 0 aliphatic heterocycles. The van der Waals surface area contributed by atoms with Crippen molar-refractivity contribution < 1.29 is 10.2 Å². The Bertz CT molecular complexity index is 110.